The van der Waals surface area contributed by atoms with Crippen LogP contribution in [0.5, 0.6) is 5.75 Å². The highest BCUT2D eigenvalue weighted by Crippen LogP contribution is 2.35. The third-order valence-corrected chi connectivity index (χ3v) is 3.27. The fourth-order valence-electron chi connectivity index (χ4n) is 1.87. The number of ether oxygens (including phenoxy) is 1. The van der Waals surface area contributed by atoms with E-state index in [9.17, 15) is 4.79 Å². The van der Waals surface area contributed by atoms with Crippen molar-refractivity contribution in [2.24, 2.45) is 0 Å². The number of furan rings is 1. The van der Waals surface area contributed by atoms with Gasteiger partial charge in [-0.2, -0.15) is 0 Å². The van der Waals surface area contributed by atoms with Crippen molar-refractivity contribution in [1.82, 2.24) is 0 Å². The first-order valence-corrected chi connectivity index (χ1v) is 5.90. The topological polar surface area (TPSA) is 51.5 Å². The second-order valence-corrected chi connectivity index (χ2v) is 4.45. The number of fused-ring (bicyclic) bond motifs is 1. The van der Waals surface area contributed by atoms with Crippen LogP contribution in [0.15, 0.2) is 41.2 Å². The van der Waals surface area contributed by atoms with Crippen LogP contribution in [0, 0.1) is 0 Å². The Kier molecular flexibility index (Phi) is 2.72. The van der Waals surface area contributed by atoms with Crippen LogP contribution in [0.25, 0.3) is 0 Å². The lowest BCUT2D eigenvalue weighted by Crippen LogP contribution is -2.25. The van der Waals surface area contributed by atoms with Gasteiger partial charge in [-0.05, 0) is 23.8 Å². The van der Waals surface area contributed by atoms with Crippen molar-refractivity contribution in [3.63, 3.8) is 0 Å². The molecule has 1 unspecified atom stereocenters. The van der Waals surface area contributed by atoms with E-state index < -0.39 is 0 Å². The number of benzene rings is 1. The van der Waals surface area contributed by atoms with Gasteiger partial charge in [0.15, 0.2) is 6.61 Å². The minimum absolute atomic E-state index is 0.0539. The lowest BCUT2D eigenvalue weighted by Gasteiger charge is -2.19. The molecule has 1 aliphatic rings. The molecule has 2 aromatic rings. The Morgan fingerprint density at radius 3 is 2.94 bits per heavy atom. The highest BCUT2D eigenvalue weighted by molar-refractivity contribution is 6.22. The van der Waals surface area contributed by atoms with E-state index in [2.05, 4.69) is 5.32 Å². The molecule has 5 heteroatoms. The van der Waals surface area contributed by atoms with Crippen molar-refractivity contribution in [2.75, 3.05) is 11.9 Å². The molecular formula is C13H10ClNO3. The number of nitrogens with one attached hydrogen (secondary N) is 1. The van der Waals surface area contributed by atoms with Gasteiger partial charge in [0.1, 0.15) is 5.75 Å². The van der Waals surface area contributed by atoms with Gasteiger partial charge in [-0.3, -0.25) is 4.79 Å². The number of carbonyl (C=O) groups is 1. The van der Waals surface area contributed by atoms with Crippen molar-refractivity contribution < 1.29 is 13.9 Å². The molecule has 1 amide bonds. The molecule has 0 saturated heterocycles. The summed E-state index contributed by atoms with van der Waals surface area (Å²) in [5.41, 5.74) is 2.40. The van der Waals surface area contributed by atoms with E-state index >= 15 is 0 Å². The van der Waals surface area contributed by atoms with E-state index in [0.29, 0.717) is 11.4 Å². The Morgan fingerprint density at radius 1 is 1.28 bits per heavy atom. The van der Waals surface area contributed by atoms with Crippen LogP contribution < -0.4 is 10.1 Å². The van der Waals surface area contributed by atoms with Gasteiger partial charge in [0.05, 0.1) is 23.6 Å². The lowest BCUT2D eigenvalue weighted by molar-refractivity contribution is -0.118. The zero-order valence-electron chi connectivity index (χ0n) is 9.35. The molecule has 1 N–H and O–H groups in total. The molecule has 2 heterocycles. The third kappa shape index (κ3) is 1.95. The molecule has 0 spiro atoms. The first-order chi connectivity index (χ1) is 8.74. The molecule has 0 saturated carbocycles. The first kappa shape index (κ1) is 11.2. The molecule has 4 nitrogen and oxygen atoms in total. The number of carbonyl (C=O) groups excluding carboxylic acids is 1. The van der Waals surface area contributed by atoms with Gasteiger partial charge in [0.25, 0.3) is 5.91 Å². The molecule has 1 aromatic heterocycles. The third-order valence-electron chi connectivity index (χ3n) is 2.76. The maximum absolute atomic E-state index is 11.3. The van der Waals surface area contributed by atoms with Crippen LogP contribution in [-0.4, -0.2) is 12.5 Å². The monoisotopic (exact) mass is 263 g/mol. The molecule has 3 rings (SSSR count). The molecule has 1 aliphatic heterocycles. The molecular weight excluding hydrogens is 254 g/mol. The zero-order chi connectivity index (χ0) is 12.5. The van der Waals surface area contributed by atoms with E-state index in [1.165, 1.54) is 0 Å². The zero-order valence-corrected chi connectivity index (χ0v) is 10.1. The predicted octanol–water partition coefficient (Wildman–Crippen LogP) is 2.94. The quantitative estimate of drug-likeness (QED) is 0.848. The Labute approximate surface area is 109 Å². The lowest BCUT2D eigenvalue weighted by atomic mass is 10.1. The number of rotatable bonds is 2. The highest BCUT2D eigenvalue weighted by atomic mass is 35.5. The van der Waals surface area contributed by atoms with Gasteiger partial charge in [-0.25, -0.2) is 0 Å². The average Bonchev–Trinajstić information content (AvgIpc) is 2.90. The normalized spacial score (nSPS) is 15.5. The molecule has 1 atom stereocenters. The number of hydrogen-bond donors (Lipinski definition) is 1. The fourth-order valence-corrected chi connectivity index (χ4v) is 2.13. The van der Waals surface area contributed by atoms with Crippen molar-refractivity contribution in [2.45, 2.75) is 5.38 Å². The van der Waals surface area contributed by atoms with E-state index in [4.69, 9.17) is 20.8 Å². The SMILES string of the molecule is O=C1COc2ccc(C(Cl)c3ccoc3)cc2N1. The Bertz CT molecular complexity index is 580. The summed E-state index contributed by atoms with van der Waals surface area (Å²) in [5.74, 6) is 0.503. The highest BCUT2D eigenvalue weighted by Gasteiger charge is 2.19. The van der Waals surface area contributed by atoms with E-state index in [1.807, 2.05) is 18.2 Å². The minimum Gasteiger partial charge on any atom is -0.482 e. The van der Waals surface area contributed by atoms with Crippen LogP contribution in [0.4, 0.5) is 5.69 Å². The van der Waals surface area contributed by atoms with Crippen LogP contribution in [0.2, 0.25) is 0 Å². The summed E-state index contributed by atoms with van der Waals surface area (Å²) in [6, 6.07) is 7.31. The maximum atomic E-state index is 11.3. The smallest absolute Gasteiger partial charge is 0.262 e. The predicted molar refractivity (Wildman–Crippen MR) is 67.0 cm³/mol. The van der Waals surface area contributed by atoms with E-state index in [-0.39, 0.29) is 17.9 Å². The fraction of sp³-hybridized carbons (Fsp3) is 0.154. The van der Waals surface area contributed by atoms with Crippen LogP contribution in [0.1, 0.15) is 16.5 Å². The Balaban J connectivity index is 1.94. The van der Waals surface area contributed by atoms with Gasteiger partial charge in [-0.15, -0.1) is 11.6 Å². The summed E-state index contributed by atoms with van der Waals surface area (Å²) in [5, 5.41) is 2.44. The van der Waals surface area contributed by atoms with Crippen LogP contribution in [0.3, 0.4) is 0 Å². The van der Waals surface area contributed by atoms with Crippen molar-refractivity contribution >= 4 is 23.2 Å². The standard InChI is InChI=1S/C13H10ClNO3/c14-13(9-3-4-17-6-9)8-1-2-11-10(5-8)15-12(16)7-18-11/h1-6,13H,7H2,(H,15,16). The molecule has 0 radical (unpaired) electrons. The molecule has 1 aromatic carbocycles. The summed E-state index contributed by atoms with van der Waals surface area (Å²) < 4.78 is 10.3. The van der Waals surface area contributed by atoms with Gasteiger partial charge < -0.3 is 14.5 Å². The van der Waals surface area contributed by atoms with Crippen LogP contribution in [-0.2, 0) is 4.79 Å². The van der Waals surface area contributed by atoms with Gasteiger partial charge in [0, 0.05) is 5.56 Å². The van der Waals surface area contributed by atoms with Crippen molar-refractivity contribution in [1.29, 1.82) is 0 Å². The van der Waals surface area contributed by atoms with E-state index in [0.717, 1.165) is 11.1 Å². The summed E-state index contributed by atoms with van der Waals surface area (Å²) in [6.45, 7) is 0.0539. The number of amides is 1. The molecule has 0 bridgehead atoms. The van der Waals surface area contributed by atoms with Crippen LogP contribution >= 0.6 is 11.6 Å². The second kappa shape index (κ2) is 4.38. The first-order valence-electron chi connectivity index (χ1n) is 5.47. The summed E-state index contributed by atoms with van der Waals surface area (Å²) >= 11 is 6.34. The maximum Gasteiger partial charge on any atom is 0.262 e. The summed E-state index contributed by atoms with van der Waals surface area (Å²) in [4.78, 5) is 11.3. The summed E-state index contributed by atoms with van der Waals surface area (Å²) in [7, 11) is 0. The Morgan fingerprint density at radius 2 is 2.17 bits per heavy atom. The van der Waals surface area contributed by atoms with E-state index in [1.54, 1.807) is 18.6 Å². The minimum atomic E-state index is -0.312. The number of halogens is 1. The summed E-state index contributed by atoms with van der Waals surface area (Å²) in [6.07, 6.45) is 3.18. The van der Waals surface area contributed by atoms with Gasteiger partial charge in [-0.1, -0.05) is 6.07 Å². The Hall–Kier alpha value is -1.94. The van der Waals surface area contributed by atoms with Crippen molar-refractivity contribution in [3.8, 4) is 5.75 Å². The molecule has 92 valence electrons. The molecule has 0 fully saturated rings. The average molecular weight is 264 g/mol. The van der Waals surface area contributed by atoms with Gasteiger partial charge in [0.2, 0.25) is 0 Å². The van der Waals surface area contributed by atoms with Gasteiger partial charge >= 0.3 is 0 Å². The number of anilines is 1. The second-order valence-electron chi connectivity index (χ2n) is 4.01. The largest absolute Gasteiger partial charge is 0.482 e. The number of hydrogen-bond acceptors (Lipinski definition) is 3. The number of alkyl halides is 1. The van der Waals surface area contributed by atoms with Crippen molar-refractivity contribution in [3.05, 3.63) is 47.9 Å². The molecule has 0 aliphatic carbocycles. The molecule has 18 heavy (non-hydrogen) atoms.